The number of benzene rings is 1. The van der Waals surface area contributed by atoms with Gasteiger partial charge in [0.15, 0.2) is 0 Å². The van der Waals surface area contributed by atoms with E-state index in [2.05, 4.69) is 68.6 Å². The van der Waals surface area contributed by atoms with Gasteiger partial charge >= 0.3 is 0 Å². The van der Waals surface area contributed by atoms with Crippen molar-refractivity contribution in [1.29, 1.82) is 0 Å². The van der Waals surface area contributed by atoms with Gasteiger partial charge in [-0.1, -0.05) is 18.2 Å². The van der Waals surface area contributed by atoms with Crippen LogP contribution in [-0.4, -0.2) is 42.5 Å². The molecule has 128 valence electrons. The van der Waals surface area contributed by atoms with Gasteiger partial charge in [-0.25, -0.2) is 4.68 Å². The molecule has 0 bridgehead atoms. The number of hydrogen-bond acceptors (Lipinski definition) is 4. The van der Waals surface area contributed by atoms with Crippen molar-refractivity contribution in [3.05, 3.63) is 42.1 Å². The maximum absolute atomic E-state index is 4.55. The van der Waals surface area contributed by atoms with Crippen molar-refractivity contribution in [3.63, 3.8) is 0 Å². The number of aryl methyl sites for hydroxylation is 1. The largest absolute Gasteiger partial charge is 0.371 e. The summed E-state index contributed by atoms with van der Waals surface area (Å²) in [7, 11) is 0. The standard InChI is InChI=1S/C19H27N5/c1-15-9-19-21-12-17(14-24(19)22-15)11-20-10-16-7-8-23(13-16)18-5-3-2-4-6-18/h2-6,9,16-17,20-21H,7-8,10-14H2,1H3/t16-,17+/m0/s1. The number of anilines is 2. The summed E-state index contributed by atoms with van der Waals surface area (Å²) in [6.07, 6.45) is 1.29. The van der Waals surface area contributed by atoms with E-state index in [0.29, 0.717) is 5.92 Å². The van der Waals surface area contributed by atoms with Crippen molar-refractivity contribution in [2.24, 2.45) is 11.8 Å². The Labute approximate surface area is 144 Å². The van der Waals surface area contributed by atoms with Gasteiger partial charge in [0.2, 0.25) is 0 Å². The van der Waals surface area contributed by atoms with Crippen LogP contribution in [0.2, 0.25) is 0 Å². The smallest absolute Gasteiger partial charge is 0.124 e. The molecule has 0 radical (unpaired) electrons. The van der Waals surface area contributed by atoms with Gasteiger partial charge in [0.1, 0.15) is 5.82 Å². The molecule has 1 fully saturated rings. The predicted octanol–water partition coefficient (Wildman–Crippen LogP) is 2.35. The Hall–Kier alpha value is -2.01. The molecule has 2 aliphatic heterocycles. The van der Waals surface area contributed by atoms with Crippen molar-refractivity contribution >= 4 is 11.5 Å². The molecule has 5 nitrogen and oxygen atoms in total. The zero-order valence-electron chi connectivity index (χ0n) is 14.4. The molecule has 2 aliphatic rings. The summed E-state index contributed by atoms with van der Waals surface area (Å²) in [5.41, 5.74) is 2.45. The molecule has 0 amide bonds. The van der Waals surface area contributed by atoms with Crippen LogP contribution in [0.3, 0.4) is 0 Å². The minimum Gasteiger partial charge on any atom is -0.371 e. The van der Waals surface area contributed by atoms with E-state index in [0.717, 1.165) is 43.6 Å². The number of hydrogen-bond donors (Lipinski definition) is 2. The Balaban J connectivity index is 1.21. The fourth-order valence-corrected chi connectivity index (χ4v) is 3.89. The SMILES string of the molecule is Cc1cc2n(n1)C[C@H](CNC[C@@H]1CCN(c3ccccc3)C1)CN2. The average molecular weight is 325 g/mol. The van der Waals surface area contributed by atoms with Gasteiger partial charge in [0.25, 0.3) is 0 Å². The molecule has 0 aliphatic carbocycles. The van der Waals surface area contributed by atoms with E-state index < -0.39 is 0 Å². The highest BCUT2D eigenvalue weighted by molar-refractivity contribution is 5.46. The van der Waals surface area contributed by atoms with Crippen LogP contribution < -0.4 is 15.5 Å². The van der Waals surface area contributed by atoms with Crippen LogP contribution >= 0.6 is 0 Å². The summed E-state index contributed by atoms with van der Waals surface area (Å²) in [6, 6.07) is 12.9. The first-order chi connectivity index (χ1) is 11.8. The topological polar surface area (TPSA) is 45.1 Å². The average Bonchev–Trinajstić information content (AvgIpc) is 3.21. The number of rotatable bonds is 5. The first-order valence-electron chi connectivity index (χ1n) is 9.07. The fourth-order valence-electron chi connectivity index (χ4n) is 3.89. The minimum absolute atomic E-state index is 0.614. The second-order valence-electron chi connectivity index (χ2n) is 7.19. The van der Waals surface area contributed by atoms with Gasteiger partial charge < -0.3 is 15.5 Å². The third kappa shape index (κ3) is 3.41. The van der Waals surface area contributed by atoms with E-state index in [4.69, 9.17) is 0 Å². The lowest BCUT2D eigenvalue weighted by Crippen LogP contribution is -2.37. The third-order valence-corrected chi connectivity index (χ3v) is 5.18. The highest BCUT2D eigenvalue weighted by Gasteiger charge is 2.23. The Bertz CT molecular complexity index is 666. The van der Waals surface area contributed by atoms with E-state index in [1.165, 1.54) is 25.2 Å². The number of nitrogens with zero attached hydrogens (tertiary/aromatic N) is 3. The van der Waals surface area contributed by atoms with Gasteiger partial charge in [-0.15, -0.1) is 0 Å². The first kappa shape index (κ1) is 15.5. The fraction of sp³-hybridized carbons (Fsp3) is 0.526. The summed E-state index contributed by atoms with van der Waals surface area (Å²) in [5, 5.41) is 11.7. The summed E-state index contributed by atoms with van der Waals surface area (Å²) >= 11 is 0. The van der Waals surface area contributed by atoms with Crippen LogP contribution in [-0.2, 0) is 6.54 Å². The molecule has 2 N–H and O–H groups in total. The molecule has 1 aromatic heterocycles. The van der Waals surface area contributed by atoms with Crippen LogP contribution in [0.1, 0.15) is 12.1 Å². The number of para-hydroxylation sites is 1. The molecule has 3 heterocycles. The Morgan fingerprint density at radius 1 is 1.17 bits per heavy atom. The lowest BCUT2D eigenvalue weighted by atomic mass is 10.1. The lowest BCUT2D eigenvalue weighted by Gasteiger charge is -2.25. The predicted molar refractivity (Wildman–Crippen MR) is 98.6 cm³/mol. The van der Waals surface area contributed by atoms with Gasteiger partial charge in [-0.2, -0.15) is 5.10 Å². The molecule has 24 heavy (non-hydrogen) atoms. The van der Waals surface area contributed by atoms with Gasteiger partial charge in [-0.3, -0.25) is 0 Å². The summed E-state index contributed by atoms with van der Waals surface area (Å²) < 4.78 is 2.11. The Kier molecular flexibility index (Phi) is 4.43. The minimum atomic E-state index is 0.614. The maximum atomic E-state index is 4.55. The number of fused-ring (bicyclic) bond motifs is 1. The van der Waals surface area contributed by atoms with Crippen molar-refractivity contribution in [1.82, 2.24) is 15.1 Å². The second kappa shape index (κ2) is 6.85. The molecule has 5 heteroatoms. The van der Waals surface area contributed by atoms with Crippen LogP contribution in [0.15, 0.2) is 36.4 Å². The molecule has 1 aromatic carbocycles. The summed E-state index contributed by atoms with van der Waals surface area (Å²) in [5.74, 6) is 2.53. The molecule has 2 atom stereocenters. The van der Waals surface area contributed by atoms with Crippen molar-refractivity contribution in [3.8, 4) is 0 Å². The monoisotopic (exact) mass is 325 g/mol. The lowest BCUT2D eigenvalue weighted by molar-refractivity contribution is 0.378. The van der Waals surface area contributed by atoms with E-state index in [1.807, 2.05) is 0 Å². The van der Waals surface area contributed by atoms with Crippen LogP contribution in [0, 0.1) is 18.8 Å². The zero-order valence-corrected chi connectivity index (χ0v) is 14.4. The van der Waals surface area contributed by atoms with Gasteiger partial charge in [0.05, 0.1) is 5.69 Å². The molecule has 0 saturated carbocycles. The van der Waals surface area contributed by atoms with E-state index in [9.17, 15) is 0 Å². The molecular formula is C19H27N5. The zero-order chi connectivity index (χ0) is 16.4. The molecule has 0 unspecified atom stereocenters. The number of aromatic nitrogens is 2. The molecular weight excluding hydrogens is 298 g/mol. The highest BCUT2D eigenvalue weighted by atomic mass is 15.3. The van der Waals surface area contributed by atoms with E-state index in [1.54, 1.807) is 0 Å². The summed E-state index contributed by atoms with van der Waals surface area (Å²) in [6.45, 7) is 8.64. The molecule has 4 rings (SSSR count). The quantitative estimate of drug-likeness (QED) is 0.886. The van der Waals surface area contributed by atoms with Crippen LogP contribution in [0.4, 0.5) is 11.5 Å². The van der Waals surface area contributed by atoms with E-state index in [-0.39, 0.29) is 0 Å². The Morgan fingerprint density at radius 3 is 2.88 bits per heavy atom. The van der Waals surface area contributed by atoms with Crippen molar-refractivity contribution < 1.29 is 0 Å². The van der Waals surface area contributed by atoms with Crippen molar-refractivity contribution in [2.75, 3.05) is 42.9 Å². The second-order valence-corrected chi connectivity index (χ2v) is 7.19. The van der Waals surface area contributed by atoms with Crippen LogP contribution in [0.5, 0.6) is 0 Å². The van der Waals surface area contributed by atoms with Crippen LogP contribution in [0.25, 0.3) is 0 Å². The van der Waals surface area contributed by atoms with Gasteiger partial charge in [-0.05, 0) is 37.9 Å². The normalized spacial score (nSPS) is 23.1. The third-order valence-electron chi connectivity index (χ3n) is 5.18. The number of nitrogens with one attached hydrogen (secondary N) is 2. The molecule has 0 spiro atoms. The molecule has 2 aromatic rings. The van der Waals surface area contributed by atoms with Gasteiger partial charge in [0, 0.05) is 50.4 Å². The highest BCUT2D eigenvalue weighted by Crippen LogP contribution is 2.23. The van der Waals surface area contributed by atoms with Crippen molar-refractivity contribution in [2.45, 2.75) is 19.9 Å². The summed E-state index contributed by atoms with van der Waals surface area (Å²) in [4.78, 5) is 2.51. The Morgan fingerprint density at radius 2 is 2.00 bits per heavy atom. The van der Waals surface area contributed by atoms with E-state index >= 15 is 0 Å². The maximum Gasteiger partial charge on any atom is 0.124 e. The first-order valence-corrected chi connectivity index (χ1v) is 9.07. The molecule has 1 saturated heterocycles.